The maximum absolute atomic E-state index is 13.6. The molecule has 0 atom stereocenters. The molecule has 2 aromatic carbocycles. The van der Waals surface area contributed by atoms with Crippen LogP contribution in [0.1, 0.15) is 11.1 Å². The van der Waals surface area contributed by atoms with Gasteiger partial charge >= 0.3 is 0 Å². The van der Waals surface area contributed by atoms with Crippen LogP contribution in [0.5, 0.6) is 0 Å². The largest absolute Gasteiger partial charge is 0.381 e. The summed E-state index contributed by atoms with van der Waals surface area (Å²) >= 11 is 5.69. The minimum absolute atomic E-state index is 0.0882. The summed E-state index contributed by atoms with van der Waals surface area (Å²) < 4.78 is 26.7. The smallest absolute Gasteiger partial charge is 0.146 e. The lowest BCUT2D eigenvalue weighted by atomic mass is 10.1. The van der Waals surface area contributed by atoms with Gasteiger partial charge in [0.15, 0.2) is 0 Å². The van der Waals surface area contributed by atoms with E-state index in [-0.39, 0.29) is 17.4 Å². The molecule has 0 bridgehead atoms. The molecule has 0 saturated carbocycles. The van der Waals surface area contributed by atoms with Gasteiger partial charge in [0.05, 0.1) is 5.02 Å². The van der Waals surface area contributed by atoms with Gasteiger partial charge in [-0.25, -0.2) is 8.78 Å². The first-order chi connectivity index (χ1) is 8.58. The molecular formula is C14H12ClF2N. The molecule has 2 rings (SSSR count). The number of aryl methyl sites for hydroxylation is 1. The van der Waals surface area contributed by atoms with Crippen LogP contribution in [0, 0.1) is 18.6 Å². The summed E-state index contributed by atoms with van der Waals surface area (Å²) in [6.07, 6.45) is 0. The SMILES string of the molecule is Cc1ccc(F)cc1NCc1cccc(Cl)c1F. The summed E-state index contributed by atoms with van der Waals surface area (Å²) in [7, 11) is 0. The van der Waals surface area contributed by atoms with Crippen molar-refractivity contribution in [2.24, 2.45) is 0 Å². The molecule has 4 heteroatoms. The predicted octanol–water partition coefficient (Wildman–Crippen LogP) is 4.54. The highest BCUT2D eigenvalue weighted by molar-refractivity contribution is 6.30. The van der Waals surface area contributed by atoms with E-state index in [0.717, 1.165) is 5.56 Å². The molecular weight excluding hydrogens is 256 g/mol. The first kappa shape index (κ1) is 12.8. The molecule has 0 spiro atoms. The lowest BCUT2D eigenvalue weighted by Crippen LogP contribution is -2.03. The number of hydrogen-bond donors (Lipinski definition) is 1. The summed E-state index contributed by atoms with van der Waals surface area (Å²) in [5.74, 6) is -0.768. The summed E-state index contributed by atoms with van der Waals surface area (Å²) in [6, 6.07) is 9.27. The molecule has 0 heterocycles. The number of anilines is 1. The average Bonchev–Trinajstić information content (AvgIpc) is 2.35. The van der Waals surface area contributed by atoms with Crippen molar-refractivity contribution in [2.75, 3.05) is 5.32 Å². The second-order valence-corrected chi connectivity index (χ2v) is 4.43. The molecule has 0 aliphatic carbocycles. The zero-order valence-electron chi connectivity index (χ0n) is 9.81. The van der Waals surface area contributed by atoms with Crippen molar-refractivity contribution in [3.8, 4) is 0 Å². The maximum Gasteiger partial charge on any atom is 0.146 e. The fraction of sp³-hybridized carbons (Fsp3) is 0.143. The van der Waals surface area contributed by atoms with Gasteiger partial charge in [-0.1, -0.05) is 29.8 Å². The summed E-state index contributed by atoms with van der Waals surface area (Å²) in [4.78, 5) is 0. The Morgan fingerprint density at radius 3 is 2.72 bits per heavy atom. The highest BCUT2D eigenvalue weighted by atomic mass is 35.5. The zero-order valence-corrected chi connectivity index (χ0v) is 10.6. The maximum atomic E-state index is 13.6. The van der Waals surface area contributed by atoms with Crippen LogP contribution in [0.4, 0.5) is 14.5 Å². The Balaban J connectivity index is 2.16. The van der Waals surface area contributed by atoms with E-state index in [9.17, 15) is 8.78 Å². The number of benzene rings is 2. The normalized spacial score (nSPS) is 10.4. The highest BCUT2D eigenvalue weighted by Crippen LogP contribution is 2.21. The predicted molar refractivity (Wildman–Crippen MR) is 69.9 cm³/mol. The van der Waals surface area contributed by atoms with Crippen molar-refractivity contribution < 1.29 is 8.78 Å². The fourth-order valence-corrected chi connectivity index (χ4v) is 1.85. The fourth-order valence-electron chi connectivity index (χ4n) is 1.66. The molecule has 0 aromatic heterocycles. The average molecular weight is 268 g/mol. The van der Waals surface area contributed by atoms with Gasteiger partial charge < -0.3 is 5.32 Å². The molecule has 0 saturated heterocycles. The van der Waals surface area contributed by atoms with E-state index in [2.05, 4.69) is 5.32 Å². The molecule has 1 N–H and O–H groups in total. The molecule has 0 unspecified atom stereocenters. The number of hydrogen-bond acceptors (Lipinski definition) is 1. The van der Waals surface area contributed by atoms with Crippen molar-refractivity contribution in [1.29, 1.82) is 0 Å². The Labute approximate surface area is 109 Å². The Kier molecular flexibility index (Phi) is 3.82. The molecule has 94 valence electrons. The lowest BCUT2D eigenvalue weighted by Gasteiger charge is -2.10. The van der Waals surface area contributed by atoms with E-state index in [1.165, 1.54) is 18.2 Å². The van der Waals surface area contributed by atoms with Gasteiger partial charge in [-0.3, -0.25) is 0 Å². The van der Waals surface area contributed by atoms with Gasteiger partial charge in [-0.15, -0.1) is 0 Å². The third-order valence-electron chi connectivity index (χ3n) is 2.70. The summed E-state index contributed by atoms with van der Waals surface area (Å²) in [6.45, 7) is 2.12. The topological polar surface area (TPSA) is 12.0 Å². The van der Waals surface area contributed by atoms with Crippen LogP contribution in [0.2, 0.25) is 5.02 Å². The summed E-state index contributed by atoms with van der Waals surface area (Å²) in [5, 5.41) is 3.09. The van der Waals surface area contributed by atoms with Gasteiger partial charge in [-0.2, -0.15) is 0 Å². The Bertz CT molecular complexity index is 568. The Morgan fingerprint density at radius 1 is 1.17 bits per heavy atom. The molecule has 0 amide bonds. The van der Waals surface area contributed by atoms with Gasteiger partial charge in [0, 0.05) is 17.8 Å². The monoisotopic (exact) mass is 267 g/mol. The highest BCUT2D eigenvalue weighted by Gasteiger charge is 2.06. The third kappa shape index (κ3) is 2.79. The standard InChI is InChI=1S/C14H12ClF2N/c1-9-5-6-11(16)7-13(9)18-8-10-3-2-4-12(15)14(10)17/h2-7,18H,8H2,1H3. The van der Waals surface area contributed by atoms with Gasteiger partial charge in [0.1, 0.15) is 11.6 Å². The molecule has 18 heavy (non-hydrogen) atoms. The van der Waals surface area contributed by atoms with Crippen LogP contribution in [-0.2, 0) is 6.54 Å². The molecule has 0 radical (unpaired) electrons. The van der Waals surface area contributed by atoms with Crippen molar-refractivity contribution in [1.82, 2.24) is 0 Å². The van der Waals surface area contributed by atoms with Crippen LogP contribution in [0.15, 0.2) is 36.4 Å². The minimum Gasteiger partial charge on any atom is -0.381 e. The Morgan fingerprint density at radius 2 is 1.94 bits per heavy atom. The molecule has 0 aliphatic heterocycles. The van der Waals surface area contributed by atoms with Crippen molar-refractivity contribution in [3.05, 3.63) is 64.2 Å². The number of halogens is 3. The molecule has 0 fully saturated rings. The van der Waals surface area contributed by atoms with Gasteiger partial charge in [-0.05, 0) is 30.7 Å². The van der Waals surface area contributed by atoms with E-state index >= 15 is 0 Å². The van der Waals surface area contributed by atoms with Crippen molar-refractivity contribution in [2.45, 2.75) is 13.5 Å². The third-order valence-corrected chi connectivity index (χ3v) is 2.99. The van der Waals surface area contributed by atoms with E-state index in [0.29, 0.717) is 11.3 Å². The second-order valence-electron chi connectivity index (χ2n) is 4.03. The van der Waals surface area contributed by atoms with E-state index in [4.69, 9.17) is 11.6 Å². The zero-order chi connectivity index (χ0) is 13.1. The van der Waals surface area contributed by atoms with Crippen LogP contribution >= 0.6 is 11.6 Å². The lowest BCUT2D eigenvalue weighted by molar-refractivity contribution is 0.613. The first-order valence-electron chi connectivity index (χ1n) is 5.51. The number of nitrogens with one attached hydrogen (secondary N) is 1. The molecule has 1 nitrogen and oxygen atoms in total. The first-order valence-corrected chi connectivity index (χ1v) is 5.88. The van der Waals surface area contributed by atoms with E-state index in [1.54, 1.807) is 18.2 Å². The van der Waals surface area contributed by atoms with Crippen molar-refractivity contribution >= 4 is 17.3 Å². The van der Waals surface area contributed by atoms with Crippen LogP contribution in [0.3, 0.4) is 0 Å². The van der Waals surface area contributed by atoms with E-state index < -0.39 is 5.82 Å². The number of rotatable bonds is 3. The van der Waals surface area contributed by atoms with Gasteiger partial charge in [0.25, 0.3) is 0 Å². The van der Waals surface area contributed by atoms with Crippen LogP contribution in [0.25, 0.3) is 0 Å². The van der Waals surface area contributed by atoms with Crippen LogP contribution in [-0.4, -0.2) is 0 Å². The quantitative estimate of drug-likeness (QED) is 0.861. The minimum atomic E-state index is -0.444. The second kappa shape index (κ2) is 5.36. The Hall–Kier alpha value is -1.61. The van der Waals surface area contributed by atoms with Gasteiger partial charge in [0.2, 0.25) is 0 Å². The molecule has 0 aliphatic rings. The van der Waals surface area contributed by atoms with E-state index in [1.807, 2.05) is 6.92 Å². The van der Waals surface area contributed by atoms with Crippen LogP contribution < -0.4 is 5.32 Å². The molecule has 2 aromatic rings. The van der Waals surface area contributed by atoms with Crippen molar-refractivity contribution in [3.63, 3.8) is 0 Å². The summed E-state index contributed by atoms with van der Waals surface area (Å²) in [5.41, 5.74) is 2.00.